The SMILES string of the molecule is Cc1ccc2nc(-c3ccc(F)c(C)c3)c(CC(=O)N3CCN(C(=O)OC(C)(C)C)CC3)n2c1. The van der Waals surface area contributed by atoms with Crippen molar-refractivity contribution in [2.45, 2.75) is 46.6 Å². The van der Waals surface area contributed by atoms with Crippen molar-refractivity contribution < 1.29 is 18.7 Å². The number of benzene rings is 1. The second-order valence-corrected chi connectivity index (χ2v) is 9.83. The predicted octanol–water partition coefficient (Wildman–Crippen LogP) is 4.38. The number of ether oxygens (including phenoxy) is 1. The van der Waals surface area contributed by atoms with Crippen molar-refractivity contribution in [3.63, 3.8) is 0 Å². The van der Waals surface area contributed by atoms with Gasteiger partial charge in [-0.2, -0.15) is 0 Å². The maximum Gasteiger partial charge on any atom is 0.410 e. The van der Waals surface area contributed by atoms with E-state index in [1.165, 1.54) is 6.07 Å². The molecule has 7 nitrogen and oxygen atoms in total. The molecule has 0 atom stereocenters. The van der Waals surface area contributed by atoms with E-state index in [0.29, 0.717) is 37.4 Å². The zero-order valence-corrected chi connectivity index (χ0v) is 20.4. The molecule has 0 bridgehead atoms. The summed E-state index contributed by atoms with van der Waals surface area (Å²) in [5.74, 6) is -0.309. The fourth-order valence-corrected chi connectivity index (χ4v) is 4.11. The van der Waals surface area contributed by atoms with Crippen molar-refractivity contribution in [1.82, 2.24) is 19.2 Å². The Balaban J connectivity index is 1.56. The van der Waals surface area contributed by atoms with Gasteiger partial charge in [-0.25, -0.2) is 14.2 Å². The van der Waals surface area contributed by atoms with Crippen LogP contribution in [0.3, 0.4) is 0 Å². The van der Waals surface area contributed by atoms with Gasteiger partial charge in [0.15, 0.2) is 0 Å². The minimum Gasteiger partial charge on any atom is -0.444 e. The Hall–Kier alpha value is -3.42. The quantitative estimate of drug-likeness (QED) is 0.575. The average Bonchev–Trinajstić information content (AvgIpc) is 3.12. The third kappa shape index (κ3) is 5.05. The lowest BCUT2D eigenvalue weighted by Crippen LogP contribution is -2.52. The Morgan fingerprint density at radius 2 is 1.71 bits per heavy atom. The molecule has 1 saturated heterocycles. The zero-order chi connectivity index (χ0) is 24.6. The molecule has 0 unspecified atom stereocenters. The van der Waals surface area contributed by atoms with Gasteiger partial charge < -0.3 is 18.9 Å². The third-order valence-electron chi connectivity index (χ3n) is 5.90. The van der Waals surface area contributed by atoms with Gasteiger partial charge in [-0.1, -0.05) is 6.07 Å². The van der Waals surface area contributed by atoms with Gasteiger partial charge in [0.2, 0.25) is 5.91 Å². The Morgan fingerprint density at radius 1 is 1.03 bits per heavy atom. The summed E-state index contributed by atoms with van der Waals surface area (Å²) in [6, 6.07) is 8.79. The number of pyridine rings is 1. The lowest BCUT2D eigenvalue weighted by molar-refractivity contribution is -0.132. The molecule has 0 spiro atoms. The molecule has 1 fully saturated rings. The number of carbonyl (C=O) groups is 2. The second-order valence-electron chi connectivity index (χ2n) is 9.83. The van der Waals surface area contributed by atoms with Crippen molar-refractivity contribution in [1.29, 1.82) is 0 Å². The van der Waals surface area contributed by atoms with Crippen molar-refractivity contribution in [3.05, 3.63) is 59.2 Å². The van der Waals surface area contributed by atoms with E-state index in [9.17, 15) is 14.0 Å². The van der Waals surface area contributed by atoms with Crippen LogP contribution in [0.4, 0.5) is 9.18 Å². The highest BCUT2D eigenvalue weighted by Gasteiger charge is 2.28. The van der Waals surface area contributed by atoms with Crippen LogP contribution in [-0.4, -0.2) is 63.0 Å². The summed E-state index contributed by atoms with van der Waals surface area (Å²) in [4.78, 5) is 33.8. The first kappa shape index (κ1) is 23.7. The first-order valence-corrected chi connectivity index (χ1v) is 11.5. The van der Waals surface area contributed by atoms with Crippen LogP contribution in [0.1, 0.15) is 37.6 Å². The number of amides is 2. The largest absolute Gasteiger partial charge is 0.444 e. The zero-order valence-electron chi connectivity index (χ0n) is 20.4. The van der Waals surface area contributed by atoms with Crippen LogP contribution in [-0.2, 0) is 16.0 Å². The molecule has 2 aromatic heterocycles. The van der Waals surface area contributed by atoms with Crippen LogP contribution in [0.2, 0.25) is 0 Å². The molecule has 3 heterocycles. The van der Waals surface area contributed by atoms with E-state index < -0.39 is 5.60 Å². The van der Waals surface area contributed by atoms with Crippen LogP contribution in [0.5, 0.6) is 0 Å². The molecule has 2 amide bonds. The molecule has 1 aliphatic heterocycles. The number of hydrogen-bond acceptors (Lipinski definition) is 4. The second kappa shape index (κ2) is 9.08. The summed E-state index contributed by atoms with van der Waals surface area (Å²) in [7, 11) is 0. The van der Waals surface area contributed by atoms with Crippen LogP contribution >= 0.6 is 0 Å². The average molecular weight is 467 g/mol. The van der Waals surface area contributed by atoms with Crippen LogP contribution < -0.4 is 0 Å². The van der Waals surface area contributed by atoms with E-state index in [-0.39, 0.29) is 24.2 Å². The topological polar surface area (TPSA) is 67.2 Å². The number of rotatable bonds is 3. The Labute approximate surface area is 199 Å². The molecule has 34 heavy (non-hydrogen) atoms. The minimum atomic E-state index is -0.555. The van der Waals surface area contributed by atoms with E-state index in [2.05, 4.69) is 0 Å². The molecule has 1 aliphatic rings. The first-order chi connectivity index (χ1) is 16.0. The molecule has 0 aliphatic carbocycles. The number of halogens is 1. The number of nitrogens with zero attached hydrogens (tertiary/aromatic N) is 4. The molecular weight excluding hydrogens is 435 g/mol. The van der Waals surface area contributed by atoms with Gasteiger partial charge in [0.25, 0.3) is 0 Å². The normalized spacial score (nSPS) is 14.5. The minimum absolute atomic E-state index is 0.0350. The highest BCUT2D eigenvalue weighted by molar-refractivity contribution is 5.82. The van der Waals surface area contributed by atoms with Crippen LogP contribution in [0.15, 0.2) is 36.5 Å². The van der Waals surface area contributed by atoms with E-state index >= 15 is 0 Å². The number of aryl methyl sites for hydroxylation is 2. The number of carbonyl (C=O) groups excluding carboxylic acids is 2. The van der Waals surface area contributed by atoms with Gasteiger partial charge >= 0.3 is 6.09 Å². The molecule has 0 saturated carbocycles. The Bertz CT molecular complexity index is 1240. The molecule has 3 aromatic rings. The monoisotopic (exact) mass is 466 g/mol. The smallest absolute Gasteiger partial charge is 0.410 e. The van der Waals surface area contributed by atoms with Crippen molar-refractivity contribution in [2.24, 2.45) is 0 Å². The summed E-state index contributed by atoms with van der Waals surface area (Å²) in [5.41, 5.74) is 3.98. The summed E-state index contributed by atoms with van der Waals surface area (Å²) in [6.07, 6.45) is 1.76. The standard InChI is InChI=1S/C26H31FN4O3/c1-17-6-9-22-28-24(19-7-8-20(27)18(2)14-19)21(31(22)16-17)15-23(32)29-10-12-30(13-11-29)25(33)34-26(3,4)5/h6-9,14,16H,10-13,15H2,1-5H3. The number of piperazine rings is 1. The fourth-order valence-electron chi connectivity index (χ4n) is 4.11. The van der Waals surface area contributed by atoms with Gasteiger partial charge in [-0.3, -0.25) is 4.79 Å². The molecular formula is C26H31FN4O3. The van der Waals surface area contributed by atoms with Crippen LogP contribution in [0, 0.1) is 19.7 Å². The number of fused-ring (bicyclic) bond motifs is 1. The third-order valence-corrected chi connectivity index (χ3v) is 5.90. The summed E-state index contributed by atoms with van der Waals surface area (Å²) >= 11 is 0. The van der Waals surface area contributed by atoms with E-state index in [1.807, 2.05) is 50.4 Å². The van der Waals surface area contributed by atoms with Gasteiger partial charge in [0.05, 0.1) is 17.8 Å². The van der Waals surface area contributed by atoms with E-state index in [0.717, 1.165) is 22.5 Å². The van der Waals surface area contributed by atoms with E-state index in [1.54, 1.807) is 28.9 Å². The Morgan fingerprint density at radius 3 is 2.35 bits per heavy atom. The Kier molecular flexibility index (Phi) is 6.34. The van der Waals surface area contributed by atoms with E-state index in [4.69, 9.17) is 9.72 Å². The maximum atomic E-state index is 13.9. The number of aromatic nitrogens is 2. The maximum absolute atomic E-state index is 13.9. The summed E-state index contributed by atoms with van der Waals surface area (Å²) in [5, 5.41) is 0. The van der Waals surface area contributed by atoms with Crippen molar-refractivity contribution in [2.75, 3.05) is 26.2 Å². The van der Waals surface area contributed by atoms with Gasteiger partial charge in [0, 0.05) is 37.9 Å². The predicted molar refractivity (Wildman–Crippen MR) is 128 cm³/mol. The van der Waals surface area contributed by atoms with Gasteiger partial charge in [0.1, 0.15) is 17.1 Å². The molecule has 1 aromatic carbocycles. The molecule has 8 heteroatoms. The lowest BCUT2D eigenvalue weighted by Gasteiger charge is -2.35. The molecule has 4 rings (SSSR count). The van der Waals surface area contributed by atoms with Gasteiger partial charge in [-0.15, -0.1) is 0 Å². The van der Waals surface area contributed by atoms with Crippen LogP contribution in [0.25, 0.3) is 16.9 Å². The van der Waals surface area contributed by atoms with Gasteiger partial charge in [-0.05, 0) is 70.0 Å². The van der Waals surface area contributed by atoms with Crippen molar-refractivity contribution >= 4 is 17.6 Å². The summed E-state index contributed by atoms with van der Waals surface area (Å²) < 4.78 is 21.3. The lowest BCUT2D eigenvalue weighted by atomic mass is 10.1. The highest BCUT2D eigenvalue weighted by atomic mass is 19.1. The fraction of sp³-hybridized carbons (Fsp3) is 0.423. The molecule has 180 valence electrons. The highest BCUT2D eigenvalue weighted by Crippen LogP contribution is 2.27. The number of hydrogen-bond donors (Lipinski definition) is 0. The molecule has 0 radical (unpaired) electrons. The number of imidazole rings is 1. The van der Waals surface area contributed by atoms with Crippen molar-refractivity contribution in [3.8, 4) is 11.3 Å². The first-order valence-electron chi connectivity index (χ1n) is 11.5. The molecule has 0 N–H and O–H groups in total. The summed E-state index contributed by atoms with van der Waals surface area (Å²) in [6.45, 7) is 11.0.